The maximum absolute atomic E-state index is 11.4. The van der Waals surface area contributed by atoms with Gasteiger partial charge < -0.3 is 15.8 Å². The van der Waals surface area contributed by atoms with Crippen molar-refractivity contribution in [2.24, 2.45) is 5.73 Å². The number of carbonyl (C=O) groups excluding carboxylic acids is 1. The summed E-state index contributed by atoms with van der Waals surface area (Å²) < 4.78 is 5.32. The largest absolute Gasteiger partial charge is 0.379 e. The molecule has 0 heterocycles. The molecule has 0 radical (unpaired) electrons. The van der Waals surface area contributed by atoms with Crippen LogP contribution in [0.3, 0.4) is 0 Å². The standard InChI is InChI=1S/C11H24N2O2/c1-6-7-13-11(4,9(12)14)8-10(2,3)15-5/h13H,6-8H2,1-5H3,(H2,12,14). The quantitative estimate of drug-likeness (QED) is 0.668. The van der Waals surface area contributed by atoms with E-state index < -0.39 is 5.54 Å². The van der Waals surface area contributed by atoms with E-state index >= 15 is 0 Å². The minimum absolute atomic E-state index is 0.332. The first kappa shape index (κ1) is 14.4. The van der Waals surface area contributed by atoms with Gasteiger partial charge in [-0.15, -0.1) is 0 Å². The number of primary amides is 1. The van der Waals surface area contributed by atoms with Crippen LogP contribution >= 0.6 is 0 Å². The third kappa shape index (κ3) is 4.62. The van der Waals surface area contributed by atoms with Gasteiger partial charge in [0, 0.05) is 13.5 Å². The zero-order valence-corrected chi connectivity index (χ0v) is 10.5. The summed E-state index contributed by atoms with van der Waals surface area (Å²) in [6, 6.07) is 0. The molecule has 0 aromatic heterocycles. The first-order valence-corrected chi connectivity index (χ1v) is 5.37. The molecule has 0 aromatic carbocycles. The van der Waals surface area contributed by atoms with Gasteiger partial charge in [0.2, 0.25) is 5.91 Å². The lowest BCUT2D eigenvalue weighted by molar-refractivity contribution is -0.126. The number of hydrogen-bond donors (Lipinski definition) is 2. The fourth-order valence-electron chi connectivity index (χ4n) is 1.56. The van der Waals surface area contributed by atoms with Gasteiger partial charge in [-0.3, -0.25) is 4.79 Å². The number of amides is 1. The molecular weight excluding hydrogens is 192 g/mol. The Hall–Kier alpha value is -0.610. The minimum Gasteiger partial charge on any atom is -0.379 e. The molecule has 4 heteroatoms. The van der Waals surface area contributed by atoms with E-state index in [1.807, 2.05) is 20.8 Å². The maximum Gasteiger partial charge on any atom is 0.237 e. The molecule has 1 amide bonds. The maximum atomic E-state index is 11.4. The summed E-state index contributed by atoms with van der Waals surface area (Å²) in [7, 11) is 1.64. The second-order valence-electron chi connectivity index (χ2n) is 4.76. The highest BCUT2D eigenvalue weighted by molar-refractivity contribution is 5.84. The van der Waals surface area contributed by atoms with Gasteiger partial charge in [-0.1, -0.05) is 6.92 Å². The van der Waals surface area contributed by atoms with Crippen molar-refractivity contribution < 1.29 is 9.53 Å². The summed E-state index contributed by atoms with van der Waals surface area (Å²) in [5.74, 6) is -0.332. The molecule has 0 bridgehead atoms. The molecule has 1 atom stereocenters. The van der Waals surface area contributed by atoms with Gasteiger partial charge in [-0.25, -0.2) is 0 Å². The van der Waals surface area contributed by atoms with Crippen LogP contribution in [0.25, 0.3) is 0 Å². The topological polar surface area (TPSA) is 64.3 Å². The van der Waals surface area contributed by atoms with Crippen LogP contribution in [0, 0.1) is 0 Å². The van der Waals surface area contributed by atoms with Gasteiger partial charge >= 0.3 is 0 Å². The molecule has 0 rings (SSSR count). The van der Waals surface area contributed by atoms with Crippen molar-refractivity contribution in [1.82, 2.24) is 5.32 Å². The molecule has 0 saturated heterocycles. The average Bonchev–Trinajstić information content (AvgIpc) is 2.14. The molecule has 90 valence electrons. The van der Waals surface area contributed by atoms with Gasteiger partial charge in [-0.2, -0.15) is 0 Å². The Labute approximate surface area is 92.6 Å². The molecule has 0 fully saturated rings. The van der Waals surface area contributed by atoms with Gasteiger partial charge in [-0.05, 0) is 33.7 Å². The van der Waals surface area contributed by atoms with Gasteiger partial charge in [0.05, 0.1) is 11.1 Å². The summed E-state index contributed by atoms with van der Waals surface area (Å²) in [6.07, 6.45) is 1.53. The predicted octanol–water partition coefficient (Wildman–Crippen LogP) is 1.05. The zero-order valence-electron chi connectivity index (χ0n) is 10.5. The number of nitrogens with two attached hydrogens (primary N) is 1. The Morgan fingerprint density at radius 3 is 2.27 bits per heavy atom. The molecule has 4 nitrogen and oxygen atoms in total. The molecule has 3 N–H and O–H groups in total. The predicted molar refractivity (Wildman–Crippen MR) is 61.6 cm³/mol. The summed E-state index contributed by atoms with van der Waals surface area (Å²) in [5, 5.41) is 3.18. The second kappa shape index (κ2) is 5.47. The van der Waals surface area contributed by atoms with Crippen LogP contribution in [0.2, 0.25) is 0 Å². The first-order valence-electron chi connectivity index (χ1n) is 5.37. The smallest absolute Gasteiger partial charge is 0.237 e. The van der Waals surface area contributed by atoms with Crippen molar-refractivity contribution in [2.75, 3.05) is 13.7 Å². The van der Waals surface area contributed by atoms with Gasteiger partial charge in [0.15, 0.2) is 0 Å². The number of rotatable bonds is 7. The van der Waals surface area contributed by atoms with E-state index in [2.05, 4.69) is 12.2 Å². The first-order chi connectivity index (χ1) is 6.77. The van der Waals surface area contributed by atoms with Crippen LogP contribution in [-0.2, 0) is 9.53 Å². The Morgan fingerprint density at radius 1 is 1.40 bits per heavy atom. The van der Waals surface area contributed by atoms with E-state index in [4.69, 9.17) is 10.5 Å². The third-order valence-electron chi connectivity index (χ3n) is 2.64. The molecule has 0 aromatic rings. The summed E-state index contributed by atoms with van der Waals surface area (Å²) >= 11 is 0. The summed E-state index contributed by atoms with van der Waals surface area (Å²) in [4.78, 5) is 11.4. The van der Waals surface area contributed by atoms with E-state index in [0.29, 0.717) is 6.42 Å². The fourth-order valence-corrected chi connectivity index (χ4v) is 1.56. The average molecular weight is 216 g/mol. The van der Waals surface area contributed by atoms with Gasteiger partial charge in [0.25, 0.3) is 0 Å². The fraction of sp³-hybridized carbons (Fsp3) is 0.909. The number of methoxy groups -OCH3 is 1. The molecule has 1 unspecified atom stereocenters. The monoisotopic (exact) mass is 216 g/mol. The molecule has 15 heavy (non-hydrogen) atoms. The third-order valence-corrected chi connectivity index (χ3v) is 2.64. The number of carbonyl (C=O) groups is 1. The lowest BCUT2D eigenvalue weighted by atomic mass is 9.87. The molecule has 0 aliphatic rings. The highest BCUT2D eigenvalue weighted by Gasteiger charge is 2.36. The van der Waals surface area contributed by atoms with Crippen LogP contribution in [-0.4, -0.2) is 30.7 Å². The number of nitrogens with one attached hydrogen (secondary N) is 1. The minimum atomic E-state index is -0.699. The van der Waals surface area contributed by atoms with E-state index in [0.717, 1.165) is 13.0 Å². The van der Waals surface area contributed by atoms with Gasteiger partial charge in [0.1, 0.15) is 0 Å². The zero-order chi connectivity index (χ0) is 12.1. The van der Waals surface area contributed by atoms with Crippen molar-refractivity contribution in [2.45, 2.75) is 51.7 Å². The van der Waals surface area contributed by atoms with E-state index in [9.17, 15) is 4.79 Å². The lowest BCUT2D eigenvalue weighted by Crippen LogP contribution is -2.56. The molecular formula is C11H24N2O2. The van der Waals surface area contributed by atoms with Crippen molar-refractivity contribution in [3.05, 3.63) is 0 Å². The Morgan fingerprint density at radius 2 is 1.93 bits per heavy atom. The van der Waals surface area contributed by atoms with Crippen LogP contribution in [0.5, 0.6) is 0 Å². The van der Waals surface area contributed by atoms with Crippen LogP contribution in [0.15, 0.2) is 0 Å². The molecule has 0 saturated carbocycles. The molecule has 0 spiro atoms. The Balaban J connectivity index is 4.58. The van der Waals surface area contributed by atoms with Crippen molar-refractivity contribution in [3.8, 4) is 0 Å². The Kier molecular flexibility index (Phi) is 5.24. The number of hydrogen-bond acceptors (Lipinski definition) is 3. The van der Waals surface area contributed by atoms with Crippen molar-refractivity contribution >= 4 is 5.91 Å². The molecule has 0 aliphatic carbocycles. The van der Waals surface area contributed by atoms with E-state index in [-0.39, 0.29) is 11.5 Å². The highest BCUT2D eigenvalue weighted by atomic mass is 16.5. The van der Waals surface area contributed by atoms with Crippen molar-refractivity contribution in [1.29, 1.82) is 0 Å². The van der Waals surface area contributed by atoms with E-state index in [1.54, 1.807) is 7.11 Å². The van der Waals surface area contributed by atoms with Crippen molar-refractivity contribution in [3.63, 3.8) is 0 Å². The normalized spacial score (nSPS) is 16.1. The van der Waals surface area contributed by atoms with Crippen LogP contribution in [0.1, 0.15) is 40.5 Å². The Bertz CT molecular complexity index is 217. The summed E-state index contributed by atoms with van der Waals surface area (Å²) in [6.45, 7) is 8.55. The van der Waals surface area contributed by atoms with E-state index in [1.165, 1.54) is 0 Å². The lowest BCUT2D eigenvalue weighted by Gasteiger charge is -2.35. The second-order valence-corrected chi connectivity index (χ2v) is 4.76. The summed E-state index contributed by atoms with van der Waals surface area (Å²) in [5.41, 5.74) is 4.36. The van der Waals surface area contributed by atoms with Crippen LogP contribution < -0.4 is 11.1 Å². The van der Waals surface area contributed by atoms with Crippen LogP contribution in [0.4, 0.5) is 0 Å². The number of ether oxygens (including phenoxy) is 1. The highest BCUT2D eigenvalue weighted by Crippen LogP contribution is 2.22. The molecule has 0 aliphatic heterocycles. The SMILES string of the molecule is CCCNC(C)(CC(C)(C)OC)C(N)=O.